The SMILES string of the molecule is CCN(CC)c1cc2cccc3c2c(c1[Si](C)(C)C)CC3. The summed E-state index contributed by atoms with van der Waals surface area (Å²) < 4.78 is 0. The van der Waals surface area contributed by atoms with Crippen LogP contribution < -0.4 is 10.1 Å². The lowest BCUT2D eigenvalue weighted by Gasteiger charge is -2.31. The third kappa shape index (κ3) is 2.30. The number of anilines is 1. The molecular formula is C19H27NSi. The Hall–Kier alpha value is -1.28. The van der Waals surface area contributed by atoms with Crippen molar-refractivity contribution in [3.8, 4) is 0 Å². The highest BCUT2D eigenvalue weighted by atomic mass is 28.3. The van der Waals surface area contributed by atoms with Crippen molar-refractivity contribution in [1.82, 2.24) is 0 Å². The lowest BCUT2D eigenvalue weighted by Crippen LogP contribution is -2.44. The van der Waals surface area contributed by atoms with Crippen molar-refractivity contribution < 1.29 is 0 Å². The Morgan fingerprint density at radius 2 is 1.76 bits per heavy atom. The van der Waals surface area contributed by atoms with Crippen molar-refractivity contribution >= 4 is 29.7 Å². The Kier molecular flexibility index (Phi) is 3.60. The van der Waals surface area contributed by atoms with E-state index in [-0.39, 0.29) is 0 Å². The van der Waals surface area contributed by atoms with E-state index in [2.05, 4.69) is 62.7 Å². The molecule has 0 aromatic heterocycles. The van der Waals surface area contributed by atoms with Crippen molar-refractivity contribution in [3.05, 3.63) is 35.4 Å². The molecule has 0 fully saturated rings. The Bertz CT molecular complexity index is 678. The van der Waals surface area contributed by atoms with Gasteiger partial charge < -0.3 is 4.90 Å². The molecule has 2 aromatic carbocycles. The first-order chi connectivity index (χ1) is 9.97. The van der Waals surface area contributed by atoms with Crippen LogP contribution in [-0.4, -0.2) is 21.2 Å². The van der Waals surface area contributed by atoms with Gasteiger partial charge in [0.15, 0.2) is 0 Å². The van der Waals surface area contributed by atoms with Crippen LogP contribution in [0.4, 0.5) is 5.69 Å². The lowest BCUT2D eigenvalue weighted by molar-refractivity contribution is 0.868. The number of aryl methyl sites for hydroxylation is 2. The largest absolute Gasteiger partial charge is 0.372 e. The Morgan fingerprint density at radius 3 is 2.38 bits per heavy atom. The van der Waals surface area contributed by atoms with Gasteiger partial charge in [-0.25, -0.2) is 0 Å². The highest BCUT2D eigenvalue weighted by Crippen LogP contribution is 2.35. The van der Waals surface area contributed by atoms with Gasteiger partial charge in [0.2, 0.25) is 0 Å². The van der Waals surface area contributed by atoms with Gasteiger partial charge in [0.1, 0.15) is 0 Å². The molecule has 2 heteroatoms. The molecule has 0 atom stereocenters. The topological polar surface area (TPSA) is 3.24 Å². The first kappa shape index (κ1) is 14.6. The Balaban J connectivity index is 2.38. The van der Waals surface area contributed by atoms with Gasteiger partial charge in [-0.2, -0.15) is 0 Å². The zero-order valence-electron chi connectivity index (χ0n) is 14.1. The molecule has 0 N–H and O–H groups in total. The summed E-state index contributed by atoms with van der Waals surface area (Å²) in [5.74, 6) is 0. The van der Waals surface area contributed by atoms with Gasteiger partial charge in [0, 0.05) is 18.8 Å². The molecule has 0 unspecified atom stereocenters. The standard InChI is InChI=1S/C19H27NSi/c1-6-20(7-2)17-13-15-10-8-9-14-11-12-16(18(14)15)19(17)21(3,4)5/h8-10,13H,6-7,11-12H2,1-5H3. The van der Waals surface area contributed by atoms with Crippen LogP contribution in [0.1, 0.15) is 25.0 Å². The minimum absolute atomic E-state index is 1.10. The summed E-state index contributed by atoms with van der Waals surface area (Å²) in [4.78, 5) is 2.55. The lowest BCUT2D eigenvalue weighted by atomic mass is 10.0. The number of hydrogen-bond acceptors (Lipinski definition) is 1. The monoisotopic (exact) mass is 297 g/mol. The van der Waals surface area contributed by atoms with E-state index in [1.165, 1.54) is 23.9 Å². The van der Waals surface area contributed by atoms with Gasteiger partial charge in [-0.05, 0) is 59.8 Å². The number of nitrogens with zero attached hydrogens (tertiary/aromatic N) is 1. The van der Waals surface area contributed by atoms with Crippen molar-refractivity contribution in [2.24, 2.45) is 0 Å². The van der Waals surface area contributed by atoms with E-state index in [9.17, 15) is 0 Å². The van der Waals surface area contributed by atoms with Crippen LogP contribution in [0, 0.1) is 0 Å². The van der Waals surface area contributed by atoms with Crippen molar-refractivity contribution in [1.29, 1.82) is 0 Å². The first-order valence-corrected chi connectivity index (χ1v) is 11.8. The minimum Gasteiger partial charge on any atom is -0.372 e. The maximum Gasteiger partial charge on any atom is 0.0807 e. The molecule has 0 radical (unpaired) electrons. The van der Waals surface area contributed by atoms with Gasteiger partial charge in [-0.15, -0.1) is 0 Å². The first-order valence-electron chi connectivity index (χ1n) is 8.30. The van der Waals surface area contributed by atoms with Crippen LogP contribution in [0.25, 0.3) is 10.8 Å². The van der Waals surface area contributed by atoms with Crippen molar-refractivity contribution in [3.63, 3.8) is 0 Å². The molecule has 0 spiro atoms. The van der Waals surface area contributed by atoms with Crippen LogP contribution in [0.2, 0.25) is 19.6 Å². The third-order valence-corrected chi connectivity index (χ3v) is 6.89. The van der Waals surface area contributed by atoms with E-state index in [1.54, 1.807) is 21.7 Å². The van der Waals surface area contributed by atoms with Crippen LogP contribution >= 0.6 is 0 Å². The normalized spacial score (nSPS) is 14.0. The number of rotatable bonds is 4. The predicted octanol–water partition coefficient (Wildman–Crippen LogP) is 4.33. The third-order valence-electron chi connectivity index (χ3n) is 4.83. The second kappa shape index (κ2) is 5.17. The molecule has 1 aliphatic carbocycles. The Morgan fingerprint density at radius 1 is 1.05 bits per heavy atom. The van der Waals surface area contributed by atoms with Gasteiger partial charge in [0.25, 0.3) is 0 Å². The molecule has 1 aliphatic rings. The maximum absolute atomic E-state index is 2.55. The van der Waals surface area contributed by atoms with Crippen molar-refractivity contribution in [2.45, 2.75) is 46.3 Å². The smallest absolute Gasteiger partial charge is 0.0807 e. The molecule has 21 heavy (non-hydrogen) atoms. The zero-order chi connectivity index (χ0) is 15.2. The number of benzene rings is 2. The fourth-order valence-electron chi connectivity index (χ4n) is 3.98. The molecule has 112 valence electrons. The molecule has 0 aliphatic heterocycles. The maximum atomic E-state index is 2.55. The molecule has 0 saturated heterocycles. The molecule has 2 aromatic rings. The molecule has 0 saturated carbocycles. The molecule has 3 rings (SSSR count). The van der Waals surface area contributed by atoms with Gasteiger partial charge in [0.05, 0.1) is 8.07 Å². The van der Waals surface area contributed by atoms with Crippen LogP contribution in [-0.2, 0) is 12.8 Å². The fraction of sp³-hybridized carbons (Fsp3) is 0.474. The van der Waals surface area contributed by atoms with Crippen LogP contribution in [0.15, 0.2) is 24.3 Å². The average Bonchev–Trinajstić information content (AvgIpc) is 2.84. The fourth-order valence-corrected chi connectivity index (χ4v) is 6.13. The highest BCUT2D eigenvalue weighted by Gasteiger charge is 2.29. The highest BCUT2D eigenvalue weighted by molar-refractivity contribution is 6.90. The second-order valence-electron chi connectivity index (χ2n) is 7.19. The van der Waals surface area contributed by atoms with Crippen LogP contribution in [0.5, 0.6) is 0 Å². The van der Waals surface area contributed by atoms with E-state index < -0.39 is 8.07 Å². The van der Waals surface area contributed by atoms with Crippen LogP contribution in [0.3, 0.4) is 0 Å². The average molecular weight is 298 g/mol. The molecule has 0 heterocycles. The van der Waals surface area contributed by atoms with Gasteiger partial charge in [-0.3, -0.25) is 0 Å². The molecule has 1 nitrogen and oxygen atoms in total. The summed E-state index contributed by atoms with van der Waals surface area (Å²) in [6.07, 6.45) is 2.47. The van der Waals surface area contributed by atoms with Crippen molar-refractivity contribution in [2.75, 3.05) is 18.0 Å². The predicted molar refractivity (Wildman–Crippen MR) is 97.9 cm³/mol. The van der Waals surface area contributed by atoms with Gasteiger partial charge >= 0.3 is 0 Å². The summed E-state index contributed by atoms with van der Waals surface area (Å²) in [5.41, 5.74) is 4.75. The summed E-state index contributed by atoms with van der Waals surface area (Å²) in [7, 11) is -1.36. The summed E-state index contributed by atoms with van der Waals surface area (Å²) in [5, 5.41) is 4.73. The van der Waals surface area contributed by atoms with Gasteiger partial charge in [-0.1, -0.05) is 37.8 Å². The van der Waals surface area contributed by atoms with E-state index in [0.29, 0.717) is 0 Å². The van der Waals surface area contributed by atoms with E-state index in [0.717, 1.165) is 13.1 Å². The van der Waals surface area contributed by atoms with E-state index >= 15 is 0 Å². The minimum atomic E-state index is -1.36. The van der Waals surface area contributed by atoms with E-state index in [4.69, 9.17) is 0 Å². The summed E-state index contributed by atoms with van der Waals surface area (Å²) >= 11 is 0. The molecule has 0 amide bonds. The summed E-state index contributed by atoms with van der Waals surface area (Å²) in [6.45, 7) is 14.2. The molecule has 0 bridgehead atoms. The quantitative estimate of drug-likeness (QED) is 0.759. The van der Waals surface area contributed by atoms with E-state index in [1.807, 2.05) is 0 Å². The number of hydrogen-bond donors (Lipinski definition) is 0. The zero-order valence-corrected chi connectivity index (χ0v) is 15.1. The molecular weight excluding hydrogens is 270 g/mol. The summed E-state index contributed by atoms with van der Waals surface area (Å²) in [6, 6.07) is 9.32. The second-order valence-corrected chi connectivity index (χ2v) is 12.2. The Labute approximate surface area is 130 Å².